The number of nitrogens with zero attached hydrogens (tertiary/aromatic N) is 1. The predicted molar refractivity (Wildman–Crippen MR) is 65.6 cm³/mol. The van der Waals surface area contributed by atoms with E-state index >= 15 is 0 Å². The number of carbonyl (C=O) groups is 1. The molecule has 0 saturated carbocycles. The molecule has 1 heterocycles. The molecule has 0 aliphatic carbocycles. The van der Waals surface area contributed by atoms with Crippen LogP contribution in [0.5, 0.6) is 0 Å². The Bertz CT molecular complexity index is 504. The van der Waals surface area contributed by atoms with Crippen molar-refractivity contribution in [2.75, 3.05) is 5.32 Å². The van der Waals surface area contributed by atoms with Gasteiger partial charge in [0.25, 0.3) is 0 Å². The molecular weight excluding hydrogens is 222 g/mol. The average molecular weight is 233 g/mol. The third kappa shape index (κ3) is 2.43. The maximum atomic E-state index is 10.8. The molecule has 4 nitrogen and oxygen atoms in total. The monoisotopic (exact) mass is 233 g/mol. The highest BCUT2D eigenvalue weighted by Gasteiger charge is 2.02. The van der Waals surface area contributed by atoms with Crippen molar-refractivity contribution < 1.29 is 4.79 Å². The molecule has 0 atom stereocenters. The molecule has 16 heavy (non-hydrogen) atoms. The van der Waals surface area contributed by atoms with Crippen LogP contribution in [-0.2, 0) is 4.79 Å². The fraction of sp³-hybridized carbons (Fsp3) is 0.0909. The van der Waals surface area contributed by atoms with E-state index in [4.69, 9.17) is 0 Å². The molecule has 1 aromatic heterocycles. The third-order valence-electron chi connectivity index (χ3n) is 2.07. The first-order valence-corrected chi connectivity index (χ1v) is 5.22. The van der Waals surface area contributed by atoms with Gasteiger partial charge in [-0.15, -0.1) is 12.6 Å². The molecular formula is C11H11N3OS. The summed E-state index contributed by atoms with van der Waals surface area (Å²) in [5.74, 6) is -0.0786. The fourth-order valence-electron chi connectivity index (χ4n) is 1.39. The van der Waals surface area contributed by atoms with E-state index in [0.29, 0.717) is 5.16 Å². The average Bonchev–Trinajstić information content (AvgIpc) is 2.65. The molecule has 2 aromatic rings. The van der Waals surface area contributed by atoms with Gasteiger partial charge in [0.05, 0.1) is 5.69 Å². The largest absolute Gasteiger partial charge is 0.339 e. The van der Waals surface area contributed by atoms with Gasteiger partial charge in [0.2, 0.25) is 5.91 Å². The van der Waals surface area contributed by atoms with Gasteiger partial charge in [0, 0.05) is 24.4 Å². The van der Waals surface area contributed by atoms with Crippen molar-refractivity contribution in [3.63, 3.8) is 0 Å². The summed E-state index contributed by atoms with van der Waals surface area (Å²) in [6, 6.07) is 7.47. The van der Waals surface area contributed by atoms with E-state index in [1.165, 1.54) is 6.92 Å². The SMILES string of the molecule is CC(=O)Nc1ccc(-c2c[nH]c(S)n2)cc1. The Labute approximate surface area is 98.5 Å². The highest BCUT2D eigenvalue weighted by molar-refractivity contribution is 7.80. The topological polar surface area (TPSA) is 57.8 Å². The molecule has 0 saturated heterocycles. The summed E-state index contributed by atoms with van der Waals surface area (Å²) >= 11 is 4.10. The van der Waals surface area contributed by atoms with Crippen LogP contribution in [0.3, 0.4) is 0 Å². The maximum Gasteiger partial charge on any atom is 0.221 e. The summed E-state index contributed by atoms with van der Waals surface area (Å²) in [5, 5.41) is 3.29. The molecule has 5 heteroatoms. The zero-order valence-electron chi connectivity index (χ0n) is 8.69. The summed E-state index contributed by atoms with van der Waals surface area (Å²) in [6.07, 6.45) is 1.79. The Hall–Kier alpha value is -1.75. The van der Waals surface area contributed by atoms with Crippen LogP contribution >= 0.6 is 12.6 Å². The van der Waals surface area contributed by atoms with E-state index in [1.807, 2.05) is 24.3 Å². The first-order valence-electron chi connectivity index (χ1n) is 4.77. The summed E-state index contributed by atoms with van der Waals surface area (Å²) in [6.45, 7) is 1.48. The van der Waals surface area contributed by atoms with E-state index in [2.05, 4.69) is 27.9 Å². The Morgan fingerprint density at radius 2 is 2.06 bits per heavy atom. The number of anilines is 1. The first-order chi connectivity index (χ1) is 7.65. The van der Waals surface area contributed by atoms with E-state index in [0.717, 1.165) is 16.9 Å². The van der Waals surface area contributed by atoms with E-state index in [9.17, 15) is 4.79 Å². The molecule has 0 radical (unpaired) electrons. The van der Waals surface area contributed by atoms with Crippen molar-refractivity contribution in [1.29, 1.82) is 0 Å². The molecule has 0 unspecified atom stereocenters. The minimum Gasteiger partial charge on any atom is -0.339 e. The molecule has 0 aliphatic rings. The van der Waals surface area contributed by atoms with Crippen LogP contribution in [0.1, 0.15) is 6.92 Å². The van der Waals surface area contributed by atoms with Crippen LogP contribution in [0.4, 0.5) is 5.69 Å². The number of benzene rings is 1. The zero-order chi connectivity index (χ0) is 11.5. The van der Waals surface area contributed by atoms with Gasteiger partial charge in [-0.3, -0.25) is 4.79 Å². The quantitative estimate of drug-likeness (QED) is 0.697. The predicted octanol–water partition coefficient (Wildman–Crippen LogP) is 2.32. The molecule has 82 valence electrons. The highest BCUT2D eigenvalue weighted by Crippen LogP contribution is 2.20. The highest BCUT2D eigenvalue weighted by atomic mass is 32.1. The molecule has 0 spiro atoms. The van der Waals surface area contributed by atoms with Gasteiger partial charge in [-0.2, -0.15) is 0 Å². The second-order valence-corrected chi connectivity index (χ2v) is 3.79. The molecule has 1 aromatic carbocycles. The number of thiol groups is 1. The summed E-state index contributed by atoms with van der Waals surface area (Å²) in [4.78, 5) is 17.9. The van der Waals surface area contributed by atoms with Crippen LogP contribution in [0.25, 0.3) is 11.3 Å². The van der Waals surface area contributed by atoms with E-state index in [-0.39, 0.29) is 5.91 Å². The van der Waals surface area contributed by atoms with Gasteiger partial charge in [-0.05, 0) is 12.1 Å². The number of rotatable bonds is 2. The van der Waals surface area contributed by atoms with Gasteiger partial charge in [-0.25, -0.2) is 4.98 Å². The lowest BCUT2D eigenvalue weighted by atomic mass is 10.1. The summed E-state index contributed by atoms with van der Waals surface area (Å²) < 4.78 is 0. The minimum absolute atomic E-state index is 0.0786. The van der Waals surface area contributed by atoms with Gasteiger partial charge in [-0.1, -0.05) is 12.1 Å². The van der Waals surface area contributed by atoms with Crippen molar-refractivity contribution in [1.82, 2.24) is 9.97 Å². The van der Waals surface area contributed by atoms with Crippen LogP contribution < -0.4 is 5.32 Å². The number of aromatic amines is 1. The molecule has 2 rings (SSSR count). The lowest BCUT2D eigenvalue weighted by Gasteiger charge is -2.02. The molecule has 0 bridgehead atoms. The number of imidazole rings is 1. The van der Waals surface area contributed by atoms with Crippen molar-refractivity contribution in [2.24, 2.45) is 0 Å². The van der Waals surface area contributed by atoms with E-state index < -0.39 is 0 Å². The maximum absolute atomic E-state index is 10.8. The van der Waals surface area contributed by atoms with Crippen molar-refractivity contribution in [3.05, 3.63) is 30.5 Å². The molecule has 0 fully saturated rings. The van der Waals surface area contributed by atoms with Crippen LogP contribution in [-0.4, -0.2) is 15.9 Å². The lowest BCUT2D eigenvalue weighted by Crippen LogP contribution is -2.05. The number of H-pyrrole nitrogens is 1. The Kier molecular flexibility index (Phi) is 2.96. The van der Waals surface area contributed by atoms with Crippen molar-refractivity contribution in [2.45, 2.75) is 12.1 Å². The standard InChI is InChI=1S/C11H11N3OS/c1-7(15)13-9-4-2-8(3-5-9)10-6-12-11(16)14-10/h2-6H,1H3,(H,13,15)(H2,12,14,16). The molecule has 2 N–H and O–H groups in total. The smallest absolute Gasteiger partial charge is 0.221 e. The fourth-order valence-corrected chi connectivity index (χ4v) is 1.56. The number of aromatic nitrogens is 2. The zero-order valence-corrected chi connectivity index (χ0v) is 9.58. The second kappa shape index (κ2) is 4.40. The Balaban J connectivity index is 2.22. The Morgan fingerprint density at radius 3 is 2.56 bits per heavy atom. The van der Waals surface area contributed by atoms with Crippen molar-refractivity contribution in [3.8, 4) is 11.3 Å². The van der Waals surface area contributed by atoms with E-state index in [1.54, 1.807) is 6.20 Å². The van der Waals surface area contributed by atoms with Crippen molar-refractivity contribution >= 4 is 24.2 Å². The lowest BCUT2D eigenvalue weighted by molar-refractivity contribution is -0.114. The number of hydrogen-bond acceptors (Lipinski definition) is 3. The van der Waals surface area contributed by atoms with Gasteiger partial charge < -0.3 is 10.3 Å². The molecule has 1 amide bonds. The third-order valence-corrected chi connectivity index (χ3v) is 2.29. The number of carbonyl (C=O) groups excluding carboxylic acids is 1. The Morgan fingerprint density at radius 1 is 1.38 bits per heavy atom. The van der Waals surface area contributed by atoms with Gasteiger partial charge >= 0.3 is 0 Å². The number of amides is 1. The van der Waals surface area contributed by atoms with Crippen LogP contribution in [0, 0.1) is 0 Å². The normalized spacial score (nSPS) is 10.1. The molecule has 0 aliphatic heterocycles. The van der Waals surface area contributed by atoms with Crippen LogP contribution in [0.2, 0.25) is 0 Å². The first kappa shape index (κ1) is 10.8. The van der Waals surface area contributed by atoms with Gasteiger partial charge in [0.1, 0.15) is 0 Å². The second-order valence-electron chi connectivity index (χ2n) is 3.37. The number of nitrogens with one attached hydrogen (secondary N) is 2. The van der Waals surface area contributed by atoms with Gasteiger partial charge in [0.15, 0.2) is 5.16 Å². The number of hydrogen-bond donors (Lipinski definition) is 3. The summed E-state index contributed by atoms with van der Waals surface area (Å²) in [7, 11) is 0. The minimum atomic E-state index is -0.0786. The van der Waals surface area contributed by atoms with Crippen LogP contribution in [0.15, 0.2) is 35.6 Å². The summed E-state index contributed by atoms with van der Waals surface area (Å²) in [5.41, 5.74) is 2.59.